The molecule has 4 heteroatoms. The van der Waals surface area contributed by atoms with Crippen LogP contribution in [0.2, 0.25) is 0 Å². The van der Waals surface area contributed by atoms with Gasteiger partial charge in [-0.1, -0.05) is 26.0 Å². The molecule has 0 spiro atoms. The number of anilines is 2. The van der Waals surface area contributed by atoms with Crippen molar-refractivity contribution in [3.63, 3.8) is 0 Å². The van der Waals surface area contributed by atoms with Crippen LogP contribution in [0.1, 0.15) is 25.3 Å². The molecule has 78 valence electrons. The van der Waals surface area contributed by atoms with Gasteiger partial charge in [-0.2, -0.15) is 4.37 Å². The van der Waals surface area contributed by atoms with Crippen molar-refractivity contribution in [2.75, 3.05) is 5.32 Å². The summed E-state index contributed by atoms with van der Waals surface area (Å²) in [6.45, 7) is 4.37. The van der Waals surface area contributed by atoms with E-state index in [-0.39, 0.29) is 0 Å². The van der Waals surface area contributed by atoms with Gasteiger partial charge in [-0.15, -0.1) is 0 Å². The Morgan fingerprint density at radius 2 is 2.20 bits per heavy atom. The number of aromatic nitrogens is 2. The summed E-state index contributed by atoms with van der Waals surface area (Å²) in [7, 11) is 0. The molecule has 2 rings (SSSR count). The lowest BCUT2D eigenvalue weighted by Gasteiger charge is -2.08. The Kier molecular flexibility index (Phi) is 2.97. The molecular formula is C11H13N3S. The number of benzene rings is 1. The molecule has 0 saturated heterocycles. The molecule has 0 saturated carbocycles. The van der Waals surface area contributed by atoms with Gasteiger partial charge < -0.3 is 5.32 Å². The zero-order chi connectivity index (χ0) is 10.7. The average Bonchev–Trinajstić information content (AvgIpc) is 2.71. The molecule has 0 radical (unpaired) electrons. The Balaban J connectivity index is 2.18. The molecule has 1 aromatic carbocycles. The van der Waals surface area contributed by atoms with E-state index in [4.69, 9.17) is 0 Å². The molecule has 0 aliphatic carbocycles. The van der Waals surface area contributed by atoms with Crippen LogP contribution in [0.3, 0.4) is 0 Å². The molecule has 1 N–H and O–H groups in total. The van der Waals surface area contributed by atoms with Gasteiger partial charge in [0.05, 0.1) is 0 Å². The number of nitrogens with zero attached hydrogens (tertiary/aromatic N) is 2. The highest BCUT2D eigenvalue weighted by Gasteiger charge is 2.01. The summed E-state index contributed by atoms with van der Waals surface area (Å²) < 4.78 is 3.94. The topological polar surface area (TPSA) is 37.8 Å². The molecule has 0 aliphatic rings. The number of rotatable bonds is 3. The maximum atomic E-state index is 4.08. The lowest BCUT2D eigenvalue weighted by molar-refractivity contribution is 0.867. The highest BCUT2D eigenvalue weighted by molar-refractivity contribution is 7.09. The van der Waals surface area contributed by atoms with E-state index in [2.05, 4.69) is 46.7 Å². The minimum Gasteiger partial charge on any atom is -0.330 e. The fourth-order valence-electron chi connectivity index (χ4n) is 1.33. The minimum atomic E-state index is 0.543. The van der Waals surface area contributed by atoms with Crippen LogP contribution in [0, 0.1) is 0 Å². The molecule has 15 heavy (non-hydrogen) atoms. The van der Waals surface area contributed by atoms with E-state index in [0.717, 1.165) is 10.8 Å². The van der Waals surface area contributed by atoms with E-state index in [1.54, 1.807) is 6.33 Å². The normalized spacial score (nSPS) is 10.6. The predicted octanol–water partition coefficient (Wildman–Crippen LogP) is 3.41. The predicted molar refractivity (Wildman–Crippen MR) is 63.7 cm³/mol. The molecule has 1 heterocycles. The van der Waals surface area contributed by atoms with E-state index in [1.165, 1.54) is 17.1 Å². The standard InChI is InChI=1S/C11H13N3S/c1-8(2)9-4-3-5-10(6-9)14-11-12-7-13-15-11/h3-8H,1-2H3,(H,12,13,14). The minimum absolute atomic E-state index is 0.543. The van der Waals surface area contributed by atoms with Crippen LogP contribution in [-0.4, -0.2) is 9.36 Å². The molecule has 0 amide bonds. The van der Waals surface area contributed by atoms with Crippen molar-refractivity contribution in [2.24, 2.45) is 0 Å². The summed E-state index contributed by atoms with van der Waals surface area (Å²) in [5.41, 5.74) is 2.39. The molecule has 1 aromatic heterocycles. The number of hydrogen-bond donors (Lipinski definition) is 1. The van der Waals surface area contributed by atoms with E-state index < -0.39 is 0 Å². The maximum Gasteiger partial charge on any atom is 0.206 e. The quantitative estimate of drug-likeness (QED) is 0.859. The molecular weight excluding hydrogens is 206 g/mol. The van der Waals surface area contributed by atoms with E-state index >= 15 is 0 Å². The second kappa shape index (κ2) is 4.40. The third-order valence-electron chi connectivity index (χ3n) is 2.17. The summed E-state index contributed by atoms with van der Waals surface area (Å²) in [4.78, 5) is 4.08. The highest BCUT2D eigenvalue weighted by atomic mass is 32.1. The molecule has 0 atom stereocenters. The molecule has 0 bridgehead atoms. The van der Waals surface area contributed by atoms with Crippen LogP contribution < -0.4 is 5.32 Å². The summed E-state index contributed by atoms with van der Waals surface area (Å²) in [5.74, 6) is 0.543. The van der Waals surface area contributed by atoms with Crippen molar-refractivity contribution >= 4 is 22.4 Å². The van der Waals surface area contributed by atoms with Gasteiger partial charge in [-0.25, -0.2) is 4.98 Å². The number of nitrogens with one attached hydrogen (secondary N) is 1. The number of hydrogen-bond acceptors (Lipinski definition) is 4. The van der Waals surface area contributed by atoms with Crippen LogP contribution in [-0.2, 0) is 0 Å². The van der Waals surface area contributed by atoms with Crippen molar-refractivity contribution in [3.8, 4) is 0 Å². The van der Waals surface area contributed by atoms with Crippen LogP contribution in [0.25, 0.3) is 0 Å². The summed E-state index contributed by atoms with van der Waals surface area (Å²) in [6.07, 6.45) is 1.55. The Labute approximate surface area is 93.4 Å². The third kappa shape index (κ3) is 2.53. The summed E-state index contributed by atoms with van der Waals surface area (Å²) in [5, 5.41) is 4.05. The first-order valence-corrected chi connectivity index (χ1v) is 5.66. The fourth-order valence-corrected chi connectivity index (χ4v) is 1.78. The molecule has 0 fully saturated rings. The SMILES string of the molecule is CC(C)c1cccc(Nc2ncns2)c1. The van der Waals surface area contributed by atoms with Crippen molar-refractivity contribution < 1.29 is 0 Å². The van der Waals surface area contributed by atoms with Crippen molar-refractivity contribution in [3.05, 3.63) is 36.2 Å². The fraction of sp³-hybridized carbons (Fsp3) is 0.273. The van der Waals surface area contributed by atoms with Gasteiger partial charge in [-0.05, 0) is 23.6 Å². The van der Waals surface area contributed by atoms with Gasteiger partial charge in [0.25, 0.3) is 0 Å². The van der Waals surface area contributed by atoms with Gasteiger partial charge in [0, 0.05) is 17.2 Å². The zero-order valence-corrected chi connectivity index (χ0v) is 9.58. The lowest BCUT2D eigenvalue weighted by Crippen LogP contribution is -1.92. The molecule has 0 aliphatic heterocycles. The second-order valence-electron chi connectivity index (χ2n) is 3.65. The van der Waals surface area contributed by atoms with Gasteiger partial charge in [0.1, 0.15) is 6.33 Å². The Hall–Kier alpha value is -1.42. The van der Waals surface area contributed by atoms with E-state index in [9.17, 15) is 0 Å². The van der Waals surface area contributed by atoms with E-state index in [0.29, 0.717) is 5.92 Å². The van der Waals surface area contributed by atoms with Crippen molar-refractivity contribution in [1.29, 1.82) is 0 Å². The van der Waals surface area contributed by atoms with Crippen LogP contribution >= 0.6 is 11.5 Å². The first-order chi connectivity index (χ1) is 7.25. The Morgan fingerprint density at radius 1 is 1.33 bits per heavy atom. The zero-order valence-electron chi connectivity index (χ0n) is 8.77. The second-order valence-corrected chi connectivity index (χ2v) is 4.43. The monoisotopic (exact) mass is 219 g/mol. The molecule has 3 nitrogen and oxygen atoms in total. The van der Waals surface area contributed by atoms with Crippen molar-refractivity contribution in [1.82, 2.24) is 9.36 Å². The lowest BCUT2D eigenvalue weighted by atomic mass is 10.0. The van der Waals surface area contributed by atoms with Crippen molar-refractivity contribution in [2.45, 2.75) is 19.8 Å². The highest BCUT2D eigenvalue weighted by Crippen LogP contribution is 2.21. The van der Waals surface area contributed by atoms with Gasteiger partial charge in [0.15, 0.2) is 0 Å². The molecule has 0 unspecified atom stereocenters. The van der Waals surface area contributed by atoms with Crippen LogP contribution in [0.15, 0.2) is 30.6 Å². The van der Waals surface area contributed by atoms with Gasteiger partial charge in [0.2, 0.25) is 5.13 Å². The first kappa shape index (κ1) is 10.1. The Morgan fingerprint density at radius 3 is 2.87 bits per heavy atom. The largest absolute Gasteiger partial charge is 0.330 e. The van der Waals surface area contributed by atoms with Crippen LogP contribution in [0.4, 0.5) is 10.8 Å². The maximum absolute atomic E-state index is 4.08. The first-order valence-electron chi connectivity index (χ1n) is 4.89. The third-order valence-corrected chi connectivity index (χ3v) is 2.75. The molecule has 2 aromatic rings. The van der Waals surface area contributed by atoms with E-state index in [1.807, 2.05) is 6.07 Å². The summed E-state index contributed by atoms with van der Waals surface area (Å²) >= 11 is 1.36. The van der Waals surface area contributed by atoms with Gasteiger partial charge >= 0.3 is 0 Å². The Bertz CT molecular complexity index is 423. The smallest absolute Gasteiger partial charge is 0.206 e. The average molecular weight is 219 g/mol. The van der Waals surface area contributed by atoms with Crippen LogP contribution in [0.5, 0.6) is 0 Å². The van der Waals surface area contributed by atoms with Gasteiger partial charge in [-0.3, -0.25) is 0 Å². The summed E-state index contributed by atoms with van der Waals surface area (Å²) in [6, 6.07) is 8.37.